The molecule has 0 aliphatic heterocycles. The number of nitrogen functional groups attached to an aromatic ring is 1. The minimum atomic E-state index is 0.337. The molecule has 0 unspecified atom stereocenters. The summed E-state index contributed by atoms with van der Waals surface area (Å²) in [6.45, 7) is 1.95. The molecule has 7 nitrogen and oxygen atoms in total. The van der Waals surface area contributed by atoms with Gasteiger partial charge in [0.1, 0.15) is 0 Å². The summed E-state index contributed by atoms with van der Waals surface area (Å²) in [5, 5.41) is 2.55. The number of anilines is 2. The normalized spacial score (nSPS) is 10.4. The van der Waals surface area contributed by atoms with Gasteiger partial charge in [-0.25, -0.2) is 10.8 Å². The first-order valence-electron chi connectivity index (χ1n) is 5.08. The Bertz CT molecular complexity index is 539. The van der Waals surface area contributed by atoms with E-state index in [4.69, 9.17) is 5.84 Å². The predicted molar refractivity (Wildman–Crippen MR) is 72.9 cm³/mol. The van der Waals surface area contributed by atoms with Crippen LogP contribution >= 0.6 is 23.1 Å². The predicted octanol–water partition coefficient (Wildman–Crippen LogP) is 1.14. The summed E-state index contributed by atoms with van der Waals surface area (Å²) >= 11 is 2.95. The van der Waals surface area contributed by atoms with Gasteiger partial charge in [-0.2, -0.15) is 15.0 Å². The summed E-state index contributed by atoms with van der Waals surface area (Å²) in [7, 11) is 3.72. The molecule has 2 aromatic heterocycles. The highest BCUT2D eigenvalue weighted by molar-refractivity contribution is 8.00. The molecule has 0 saturated heterocycles. The molecule has 0 saturated carbocycles. The van der Waals surface area contributed by atoms with Crippen LogP contribution in [-0.4, -0.2) is 34.0 Å². The molecule has 0 aliphatic carbocycles. The van der Waals surface area contributed by atoms with Gasteiger partial charge in [0.05, 0.1) is 0 Å². The lowest BCUT2D eigenvalue weighted by Crippen LogP contribution is -2.17. The molecule has 0 bridgehead atoms. The summed E-state index contributed by atoms with van der Waals surface area (Å²) in [5.74, 6) is 6.23. The molecule has 2 aromatic rings. The van der Waals surface area contributed by atoms with Crippen LogP contribution in [0.1, 0.15) is 5.69 Å². The van der Waals surface area contributed by atoms with Crippen molar-refractivity contribution in [1.29, 1.82) is 0 Å². The zero-order valence-corrected chi connectivity index (χ0v) is 11.8. The molecule has 2 heterocycles. The summed E-state index contributed by atoms with van der Waals surface area (Å²) in [6.07, 6.45) is 0. The van der Waals surface area contributed by atoms with Crippen LogP contribution in [0.4, 0.5) is 11.9 Å². The van der Waals surface area contributed by atoms with Crippen LogP contribution in [-0.2, 0) is 0 Å². The van der Waals surface area contributed by atoms with Crippen molar-refractivity contribution in [3.05, 3.63) is 11.1 Å². The highest BCUT2D eigenvalue weighted by atomic mass is 32.2. The first-order valence-corrected chi connectivity index (χ1v) is 6.78. The van der Waals surface area contributed by atoms with Crippen molar-refractivity contribution in [2.75, 3.05) is 24.4 Å². The number of nitrogens with two attached hydrogens (primary N) is 1. The van der Waals surface area contributed by atoms with E-state index in [0.717, 1.165) is 10.0 Å². The zero-order chi connectivity index (χ0) is 13.1. The van der Waals surface area contributed by atoms with Crippen LogP contribution in [0.2, 0.25) is 0 Å². The highest BCUT2D eigenvalue weighted by Crippen LogP contribution is 2.28. The lowest BCUT2D eigenvalue weighted by Gasteiger charge is -2.11. The summed E-state index contributed by atoms with van der Waals surface area (Å²) in [6, 6.07) is 0. The van der Waals surface area contributed by atoms with Gasteiger partial charge >= 0.3 is 0 Å². The third kappa shape index (κ3) is 3.06. The second kappa shape index (κ2) is 5.46. The molecule has 3 N–H and O–H groups in total. The fourth-order valence-electron chi connectivity index (χ4n) is 1.11. The largest absolute Gasteiger partial charge is 0.347 e. The van der Waals surface area contributed by atoms with Gasteiger partial charge in [0.2, 0.25) is 17.1 Å². The monoisotopic (exact) mass is 283 g/mol. The van der Waals surface area contributed by atoms with Gasteiger partial charge in [-0.15, -0.1) is 11.3 Å². The third-order valence-corrected chi connectivity index (χ3v) is 3.83. The van der Waals surface area contributed by atoms with Crippen LogP contribution < -0.4 is 16.2 Å². The number of hydrogen-bond acceptors (Lipinski definition) is 9. The zero-order valence-electron chi connectivity index (χ0n) is 10.2. The maximum atomic E-state index is 5.34. The maximum absolute atomic E-state index is 5.34. The van der Waals surface area contributed by atoms with E-state index in [0.29, 0.717) is 17.1 Å². The van der Waals surface area contributed by atoms with Crippen molar-refractivity contribution in [2.24, 2.45) is 5.84 Å². The smallest absolute Gasteiger partial charge is 0.242 e. The van der Waals surface area contributed by atoms with Gasteiger partial charge in [0.15, 0.2) is 4.34 Å². The van der Waals surface area contributed by atoms with Crippen molar-refractivity contribution >= 4 is 35.0 Å². The fraction of sp³-hybridized carbons (Fsp3) is 0.333. The Labute approximate surface area is 113 Å². The van der Waals surface area contributed by atoms with E-state index in [1.165, 1.54) is 11.8 Å². The van der Waals surface area contributed by atoms with Gasteiger partial charge in [-0.05, 0) is 18.7 Å². The topological polar surface area (TPSA) is 92.8 Å². The molecule has 9 heteroatoms. The molecule has 0 amide bonds. The van der Waals surface area contributed by atoms with E-state index in [-0.39, 0.29) is 0 Å². The Morgan fingerprint density at radius 1 is 1.28 bits per heavy atom. The number of hydrogen-bond donors (Lipinski definition) is 2. The van der Waals surface area contributed by atoms with Crippen LogP contribution in [0.25, 0.3) is 0 Å². The van der Waals surface area contributed by atoms with Crippen LogP contribution in [0, 0.1) is 6.92 Å². The molecule has 0 fully saturated rings. The second-order valence-electron chi connectivity index (χ2n) is 3.64. The number of aromatic nitrogens is 4. The molecule has 2 rings (SSSR count). The van der Waals surface area contributed by atoms with E-state index < -0.39 is 0 Å². The van der Waals surface area contributed by atoms with E-state index in [2.05, 4.69) is 25.4 Å². The van der Waals surface area contributed by atoms with Crippen molar-refractivity contribution in [1.82, 2.24) is 19.9 Å². The lowest BCUT2D eigenvalue weighted by molar-refractivity contribution is 0.865. The first kappa shape index (κ1) is 13.0. The Balaban J connectivity index is 2.29. The molecule has 18 heavy (non-hydrogen) atoms. The summed E-state index contributed by atoms with van der Waals surface area (Å²) < 4.78 is 0.895. The van der Waals surface area contributed by atoms with Crippen LogP contribution in [0.3, 0.4) is 0 Å². The molecule has 0 radical (unpaired) electrons. The molecule has 96 valence electrons. The Morgan fingerprint density at radius 3 is 2.61 bits per heavy atom. The maximum Gasteiger partial charge on any atom is 0.242 e. The Morgan fingerprint density at radius 2 is 2.06 bits per heavy atom. The minimum Gasteiger partial charge on any atom is -0.347 e. The quantitative estimate of drug-likeness (QED) is 0.637. The number of nitrogens with one attached hydrogen (secondary N) is 1. The van der Waals surface area contributed by atoms with E-state index in [9.17, 15) is 0 Å². The molecular formula is C9H13N7S2. The van der Waals surface area contributed by atoms with Crippen molar-refractivity contribution in [2.45, 2.75) is 16.4 Å². The van der Waals surface area contributed by atoms with E-state index in [1.54, 1.807) is 16.2 Å². The molecule has 0 aliphatic rings. The SMILES string of the molecule is Cc1csc(Sc2nc(NN)nc(N(C)C)n2)n1. The van der Waals surface area contributed by atoms with Crippen molar-refractivity contribution < 1.29 is 0 Å². The Hall–Kier alpha value is -1.45. The summed E-state index contributed by atoms with van der Waals surface area (Å²) in [4.78, 5) is 18.8. The Kier molecular flexibility index (Phi) is 3.94. The van der Waals surface area contributed by atoms with Crippen LogP contribution in [0.5, 0.6) is 0 Å². The highest BCUT2D eigenvalue weighted by Gasteiger charge is 2.10. The molecule has 0 spiro atoms. The second-order valence-corrected chi connectivity index (χ2v) is 5.71. The number of hydrazine groups is 1. The van der Waals surface area contributed by atoms with Gasteiger partial charge in [-0.1, -0.05) is 0 Å². The van der Waals surface area contributed by atoms with Gasteiger partial charge in [0, 0.05) is 25.2 Å². The number of thiazole rings is 1. The lowest BCUT2D eigenvalue weighted by atomic mass is 10.6. The standard InChI is InChI=1S/C9H13N7S2/c1-5-4-17-9(11-5)18-8-13-6(15-10)12-7(14-8)16(2)3/h4H,10H2,1-3H3,(H,12,13,14,15). The number of rotatable bonds is 4. The molecule has 0 atom stereocenters. The summed E-state index contributed by atoms with van der Waals surface area (Å²) in [5.41, 5.74) is 3.42. The van der Waals surface area contributed by atoms with Crippen molar-refractivity contribution in [3.63, 3.8) is 0 Å². The van der Waals surface area contributed by atoms with E-state index >= 15 is 0 Å². The van der Waals surface area contributed by atoms with Crippen molar-refractivity contribution in [3.8, 4) is 0 Å². The van der Waals surface area contributed by atoms with E-state index in [1.807, 2.05) is 26.4 Å². The molecular weight excluding hydrogens is 270 g/mol. The number of nitrogens with zero attached hydrogens (tertiary/aromatic N) is 5. The average molecular weight is 283 g/mol. The van der Waals surface area contributed by atoms with Gasteiger partial charge in [0.25, 0.3) is 0 Å². The minimum absolute atomic E-state index is 0.337. The number of aryl methyl sites for hydroxylation is 1. The third-order valence-electron chi connectivity index (χ3n) is 1.91. The van der Waals surface area contributed by atoms with Gasteiger partial charge in [-0.3, -0.25) is 5.43 Å². The first-order chi connectivity index (χ1) is 8.58. The van der Waals surface area contributed by atoms with Crippen LogP contribution in [0.15, 0.2) is 14.9 Å². The molecule has 0 aromatic carbocycles. The fourth-order valence-corrected chi connectivity index (χ4v) is 2.80. The van der Waals surface area contributed by atoms with Gasteiger partial charge < -0.3 is 4.90 Å². The average Bonchev–Trinajstić information content (AvgIpc) is 2.74.